The molecule has 0 bridgehead atoms. The van der Waals surface area contributed by atoms with Crippen molar-refractivity contribution in [1.29, 1.82) is 0 Å². The molecule has 3 aromatic rings. The van der Waals surface area contributed by atoms with Gasteiger partial charge in [0.2, 0.25) is 0 Å². The first-order valence-electron chi connectivity index (χ1n) is 10.5. The van der Waals surface area contributed by atoms with Crippen molar-refractivity contribution in [2.24, 2.45) is 0 Å². The normalized spacial score (nSPS) is 16.1. The van der Waals surface area contributed by atoms with Gasteiger partial charge in [-0.05, 0) is 66.4 Å². The third-order valence-corrected chi connectivity index (χ3v) is 5.96. The van der Waals surface area contributed by atoms with E-state index in [2.05, 4.69) is 0 Å². The minimum atomic E-state index is -0.638. The molecule has 0 unspecified atom stereocenters. The summed E-state index contributed by atoms with van der Waals surface area (Å²) in [5, 5.41) is 0.621. The van der Waals surface area contributed by atoms with Gasteiger partial charge >= 0.3 is 0 Å². The molecular formula is C26H26ClNO4. The Morgan fingerprint density at radius 1 is 1.00 bits per heavy atom. The fraction of sp³-hybridized carbons (Fsp3) is 0.269. The van der Waals surface area contributed by atoms with Crippen LogP contribution < -0.4 is 14.2 Å². The molecule has 4 rings (SSSR count). The van der Waals surface area contributed by atoms with Crippen LogP contribution in [0.1, 0.15) is 29.7 Å². The summed E-state index contributed by atoms with van der Waals surface area (Å²) < 4.78 is 17.0. The van der Waals surface area contributed by atoms with Crippen molar-refractivity contribution >= 4 is 17.5 Å². The second-order valence-electron chi connectivity index (χ2n) is 7.72. The summed E-state index contributed by atoms with van der Waals surface area (Å²) in [6.07, 6.45) is 0.0667. The molecule has 1 heterocycles. The van der Waals surface area contributed by atoms with Crippen molar-refractivity contribution in [1.82, 2.24) is 4.90 Å². The van der Waals surface area contributed by atoms with Crippen LogP contribution in [0, 0.1) is 0 Å². The van der Waals surface area contributed by atoms with E-state index >= 15 is 0 Å². The lowest BCUT2D eigenvalue weighted by Gasteiger charge is -2.39. The highest BCUT2D eigenvalue weighted by Gasteiger charge is 2.36. The molecule has 0 saturated carbocycles. The Balaban J connectivity index is 1.74. The fourth-order valence-electron chi connectivity index (χ4n) is 4.21. The van der Waals surface area contributed by atoms with E-state index in [1.165, 1.54) is 0 Å². The number of carbonyl (C=O) groups excluding carboxylic acids is 1. The molecule has 3 aromatic carbocycles. The first kappa shape index (κ1) is 22.0. The van der Waals surface area contributed by atoms with Crippen molar-refractivity contribution < 1.29 is 19.0 Å². The van der Waals surface area contributed by atoms with Crippen molar-refractivity contribution in [2.45, 2.75) is 25.5 Å². The number of methoxy groups -OCH3 is 2. The van der Waals surface area contributed by atoms with E-state index in [4.69, 9.17) is 25.8 Å². The topological polar surface area (TPSA) is 48.0 Å². The van der Waals surface area contributed by atoms with Gasteiger partial charge in [-0.3, -0.25) is 4.79 Å². The molecule has 1 amide bonds. The van der Waals surface area contributed by atoms with Crippen LogP contribution in [0.5, 0.6) is 17.2 Å². The Bertz CT molecular complexity index is 1100. The molecule has 0 radical (unpaired) electrons. The highest BCUT2D eigenvalue weighted by atomic mass is 35.5. The lowest BCUT2D eigenvalue weighted by molar-refractivity contribution is -0.140. The van der Waals surface area contributed by atoms with E-state index in [9.17, 15) is 4.79 Å². The summed E-state index contributed by atoms with van der Waals surface area (Å²) in [6, 6.07) is 20.7. The number of amides is 1. The molecule has 0 saturated heterocycles. The summed E-state index contributed by atoms with van der Waals surface area (Å²) in [4.78, 5) is 15.4. The second-order valence-corrected chi connectivity index (χ2v) is 8.15. The smallest absolute Gasteiger partial charge is 0.264 e. The second kappa shape index (κ2) is 9.53. The molecule has 0 N–H and O–H groups in total. The van der Waals surface area contributed by atoms with Gasteiger partial charge < -0.3 is 19.1 Å². The standard InChI is InChI=1S/C26H26ClNO4/c1-17(32-21-10-5-4-6-11-21)26(29)28-13-12-18-15-23(30-2)24(31-3)16-22(18)25(28)19-8-7-9-20(27)14-19/h4-11,14-17,25H,12-13H2,1-3H3/t17-,25+/m0/s1. The maximum Gasteiger partial charge on any atom is 0.264 e. The largest absolute Gasteiger partial charge is 0.493 e. The number of nitrogens with zero attached hydrogens (tertiary/aromatic N) is 1. The molecule has 0 aromatic heterocycles. The zero-order valence-corrected chi connectivity index (χ0v) is 19.1. The van der Waals surface area contributed by atoms with Crippen LogP contribution in [0.15, 0.2) is 66.7 Å². The number of benzene rings is 3. The molecule has 1 aliphatic heterocycles. The fourth-order valence-corrected chi connectivity index (χ4v) is 4.41. The first-order valence-corrected chi connectivity index (χ1v) is 10.9. The maximum atomic E-state index is 13.6. The van der Waals surface area contributed by atoms with Crippen molar-refractivity contribution in [3.05, 3.63) is 88.4 Å². The molecule has 6 heteroatoms. The third kappa shape index (κ3) is 4.39. The SMILES string of the molecule is COc1cc2c(cc1OC)[C@@H](c1cccc(Cl)c1)N(C(=O)[C@H](C)Oc1ccccc1)CC2. The summed E-state index contributed by atoms with van der Waals surface area (Å²) in [6.45, 7) is 2.34. The van der Waals surface area contributed by atoms with Crippen LogP contribution in [-0.2, 0) is 11.2 Å². The van der Waals surface area contributed by atoms with Crippen LogP contribution >= 0.6 is 11.6 Å². The summed E-state index contributed by atoms with van der Waals surface area (Å²) in [5.74, 6) is 1.88. The van der Waals surface area contributed by atoms with E-state index in [1.54, 1.807) is 21.1 Å². The molecule has 2 atom stereocenters. The van der Waals surface area contributed by atoms with Gasteiger partial charge in [0.15, 0.2) is 17.6 Å². The van der Waals surface area contributed by atoms with Crippen molar-refractivity contribution in [2.75, 3.05) is 20.8 Å². The zero-order valence-electron chi connectivity index (χ0n) is 18.4. The van der Waals surface area contributed by atoms with E-state index in [0.29, 0.717) is 35.2 Å². The van der Waals surface area contributed by atoms with Crippen LogP contribution in [-0.4, -0.2) is 37.7 Å². The number of hydrogen-bond donors (Lipinski definition) is 0. The summed E-state index contributed by atoms with van der Waals surface area (Å²) in [7, 11) is 3.24. The number of halogens is 1. The van der Waals surface area contributed by atoms with Crippen molar-refractivity contribution in [3.8, 4) is 17.2 Å². The molecule has 0 aliphatic carbocycles. The van der Waals surface area contributed by atoms with Gasteiger partial charge in [-0.1, -0.05) is 41.9 Å². The van der Waals surface area contributed by atoms with Gasteiger partial charge in [-0.15, -0.1) is 0 Å². The predicted octanol–water partition coefficient (Wildman–Crippen LogP) is 5.30. The van der Waals surface area contributed by atoms with E-state index < -0.39 is 6.10 Å². The lowest BCUT2D eigenvalue weighted by atomic mass is 9.87. The van der Waals surface area contributed by atoms with Crippen LogP contribution in [0.4, 0.5) is 0 Å². The Morgan fingerprint density at radius 3 is 2.41 bits per heavy atom. The molecule has 5 nitrogen and oxygen atoms in total. The van der Waals surface area contributed by atoms with Crippen molar-refractivity contribution in [3.63, 3.8) is 0 Å². The van der Waals surface area contributed by atoms with Gasteiger partial charge in [0.25, 0.3) is 5.91 Å². The van der Waals surface area contributed by atoms with Gasteiger partial charge in [0.05, 0.1) is 20.3 Å². The zero-order chi connectivity index (χ0) is 22.7. The molecule has 1 aliphatic rings. The van der Waals surface area contributed by atoms with Gasteiger partial charge in [0.1, 0.15) is 5.75 Å². The quantitative estimate of drug-likeness (QED) is 0.510. The van der Waals surface area contributed by atoms with Crippen LogP contribution in [0.25, 0.3) is 0 Å². The number of ether oxygens (including phenoxy) is 3. The molecule has 166 valence electrons. The van der Waals surface area contributed by atoms with E-state index in [-0.39, 0.29) is 11.9 Å². The number of fused-ring (bicyclic) bond motifs is 1. The minimum absolute atomic E-state index is 0.0840. The molecule has 0 spiro atoms. The number of hydrogen-bond acceptors (Lipinski definition) is 4. The molecule has 32 heavy (non-hydrogen) atoms. The first-order chi connectivity index (χ1) is 15.5. The molecular weight excluding hydrogens is 426 g/mol. The van der Waals surface area contributed by atoms with Gasteiger partial charge in [0, 0.05) is 11.6 Å². The Morgan fingerprint density at radius 2 is 1.72 bits per heavy atom. The number of rotatable bonds is 6. The highest BCUT2D eigenvalue weighted by Crippen LogP contribution is 2.41. The Labute approximate surface area is 193 Å². The third-order valence-electron chi connectivity index (χ3n) is 5.73. The highest BCUT2D eigenvalue weighted by molar-refractivity contribution is 6.30. The minimum Gasteiger partial charge on any atom is -0.493 e. The monoisotopic (exact) mass is 451 g/mol. The van der Waals surface area contributed by atoms with Gasteiger partial charge in [-0.2, -0.15) is 0 Å². The van der Waals surface area contributed by atoms with E-state index in [1.807, 2.05) is 71.6 Å². The number of para-hydroxylation sites is 1. The number of carbonyl (C=O) groups is 1. The average Bonchev–Trinajstić information content (AvgIpc) is 2.82. The Kier molecular flexibility index (Phi) is 6.56. The summed E-state index contributed by atoms with van der Waals surface area (Å²) >= 11 is 6.32. The van der Waals surface area contributed by atoms with E-state index in [0.717, 1.165) is 16.7 Å². The summed E-state index contributed by atoms with van der Waals surface area (Å²) in [5.41, 5.74) is 3.05. The lowest BCUT2D eigenvalue weighted by Crippen LogP contribution is -2.46. The van der Waals surface area contributed by atoms with Gasteiger partial charge in [-0.25, -0.2) is 0 Å². The predicted molar refractivity (Wildman–Crippen MR) is 125 cm³/mol. The average molecular weight is 452 g/mol. The maximum absolute atomic E-state index is 13.6. The van der Waals surface area contributed by atoms with Crippen LogP contribution in [0.3, 0.4) is 0 Å². The van der Waals surface area contributed by atoms with Crippen LogP contribution in [0.2, 0.25) is 5.02 Å². The molecule has 0 fully saturated rings. The Hall–Kier alpha value is -3.18.